The number of aromatic nitrogens is 1. The lowest BCUT2D eigenvalue weighted by Crippen LogP contribution is -2.39. The Hall–Kier alpha value is -2.33. The maximum absolute atomic E-state index is 13.5. The monoisotopic (exact) mass is 515 g/mol. The van der Waals surface area contributed by atoms with Crippen LogP contribution in [0.25, 0.3) is 10.2 Å². The van der Waals surface area contributed by atoms with E-state index in [1.165, 1.54) is 11.3 Å². The molecule has 2 aromatic carbocycles. The lowest BCUT2D eigenvalue weighted by atomic mass is 10.1. The number of hydrogen-bond donors (Lipinski definition) is 0. The van der Waals surface area contributed by atoms with Gasteiger partial charge in [0.1, 0.15) is 0 Å². The summed E-state index contributed by atoms with van der Waals surface area (Å²) in [4.78, 5) is 22.7. The average molecular weight is 516 g/mol. The Bertz CT molecular complexity index is 1260. The molecule has 4 rings (SSSR count). The summed E-state index contributed by atoms with van der Waals surface area (Å²) < 4.78 is 31.3. The van der Waals surface area contributed by atoms with Crippen molar-refractivity contribution in [2.24, 2.45) is 0 Å². The van der Waals surface area contributed by atoms with Gasteiger partial charge in [0.15, 0.2) is 15.0 Å². The third-order valence-corrected chi connectivity index (χ3v) is 9.46. The van der Waals surface area contributed by atoms with E-state index in [2.05, 4.69) is 11.0 Å². The third-order valence-electron chi connectivity index (χ3n) is 6.25. The van der Waals surface area contributed by atoms with Gasteiger partial charge in [-0.2, -0.15) is 0 Å². The van der Waals surface area contributed by atoms with Crippen LogP contribution < -0.4 is 4.90 Å². The quantitative estimate of drug-likeness (QED) is 0.427. The highest BCUT2D eigenvalue weighted by molar-refractivity contribution is 7.92. The van der Waals surface area contributed by atoms with Gasteiger partial charge in [-0.15, -0.1) is 0 Å². The molecule has 0 saturated carbocycles. The van der Waals surface area contributed by atoms with Gasteiger partial charge in [0.05, 0.1) is 40.0 Å². The van der Waals surface area contributed by atoms with Crippen LogP contribution in [0.3, 0.4) is 0 Å². The summed E-state index contributed by atoms with van der Waals surface area (Å²) in [6, 6.07) is 12.8. The van der Waals surface area contributed by atoms with Crippen molar-refractivity contribution in [1.29, 1.82) is 0 Å². The first-order chi connectivity index (χ1) is 16.7. The van der Waals surface area contributed by atoms with Gasteiger partial charge in [-0.1, -0.05) is 29.5 Å². The molecule has 0 bridgehead atoms. The Morgan fingerprint density at radius 3 is 2.54 bits per heavy atom. The number of ether oxygens (including phenoxy) is 1. The summed E-state index contributed by atoms with van der Waals surface area (Å²) in [7, 11) is -3.34. The zero-order chi connectivity index (χ0) is 25.0. The highest BCUT2D eigenvalue weighted by Crippen LogP contribution is 2.30. The summed E-state index contributed by atoms with van der Waals surface area (Å²) in [5.74, 6) is -0.0396. The number of fused-ring (bicyclic) bond motifs is 1. The predicted octanol–water partition coefficient (Wildman–Crippen LogP) is 4.08. The maximum Gasteiger partial charge on any atom is 0.233 e. The van der Waals surface area contributed by atoms with Crippen molar-refractivity contribution in [3.63, 3.8) is 0 Å². The fraction of sp³-hybridized carbons (Fsp3) is 0.462. The molecular formula is C26H33N3O4S2. The molecule has 1 amide bonds. The molecule has 0 N–H and O–H groups in total. The number of carbonyl (C=O) groups is 1. The lowest BCUT2D eigenvalue weighted by molar-refractivity contribution is -0.118. The smallest absolute Gasteiger partial charge is 0.233 e. The number of morpholine rings is 1. The van der Waals surface area contributed by atoms with Crippen LogP contribution in [-0.2, 0) is 25.8 Å². The number of carbonyl (C=O) groups excluding carboxylic acids is 1. The zero-order valence-corrected chi connectivity index (χ0v) is 22.2. The zero-order valence-electron chi connectivity index (χ0n) is 20.6. The number of hydrogen-bond acceptors (Lipinski definition) is 7. The van der Waals surface area contributed by atoms with Crippen molar-refractivity contribution in [2.75, 3.05) is 44.3 Å². The van der Waals surface area contributed by atoms with Crippen molar-refractivity contribution in [3.05, 3.63) is 53.6 Å². The van der Waals surface area contributed by atoms with E-state index in [-0.39, 0.29) is 17.2 Å². The fourth-order valence-electron chi connectivity index (χ4n) is 4.08. The minimum absolute atomic E-state index is 0.0396. The molecule has 0 spiro atoms. The second-order valence-corrected chi connectivity index (χ2v) is 12.7. The summed E-state index contributed by atoms with van der Waals surface area (Å²) in [5, 5.41) is 0.219. The molecule has 9 heteroatoms. The van der Waals surface area contributed by atoms with Gasteiger partial charge >= 0.3 is 0 Å². The van der Waals surface area contributed by atoms with E-state index in [4.69, 9.17) is 9.72 Å². The topological polar surface area (TPSA) is 79.8 Å². The van der Waals surface area contributed by atoms with Crippen molar-refractivity contribution in [1.82, 2.24) is 9.88 Å². The van der Waals surface area contributed by atoms with Crippen LogP contribution >= 0.6 is 11.3 Å². The highest BCUT2D eigenvalue weighted by Gasteiger charge is 2.22. The van der Waals surface area contributed by atoms with Gasteiger partial charge in [0.2, 0.25) is 5.91 Å². The van der Waals surface area contributed by atoms with Crippen LogP contribution in [0.4, 0.5) is 5.13 Å². The Balaban J connectivity index is 1.51. The summed E-state index contributed by atoms with van der Waals surface area (Å²) in [6.07, 6.45) is 1.03. The van der Waals surface area contributed by atoms with E-state index in [0.717, 1.165) is 60.6 Å². The van der Waals surface area contributed by atoms with Crippen LogP contribution in [-0.4, -0.2) is 68.9 Å². The number of nitrogens with zero attached hydrogens (tertiary/aromatic N) is 3. The first kappa shape index (κ1) is 25.8. The lowest BCUT2D eigenvalue weighted by Gasteiger charge is -2.27. The van der Waals surface area contributed by atoms with Crippen LogP contribution in [0, 0.1) is 6.92 Å². The van der Waals surface area contributed by atoms with E-state index in [1.54, 1.807) is 43.0 Å². The van der Waals surface area contributed by atoms with Crippen molar-refractivity contribution < 1.29 is 17.9 Å². The van der Waals surface area contributed by atoms with E-state index in [1.807, 2.05) is 19.1 Å². The molecule has 0 radical (unpaired) electrons. The summed E-state index contributed by atoms with van der Waals surface area (Å²) in [6.45, 7) is 10.2. The van der Waals surface area contributed by atoms with Gasteiger partial charge in [-0.3, -0.25) is 14.6 Å². The molecule has 0 unspecified atom stereocenters. The highest BCUT2D eigenvalue weighted by atomic mass is 32.2. The summed E-state index contributed by atoms with van der Waals surface area (Å²) >= 11 is 1.53. The first-order valence-electron chi connectivity index (χ1n) is 12.0. The molecule has 1 saturated heterocycles. The molecule has 1 aliphatic rings. The van der Waals surface area contributed by atoms with Crippen LogP contribution in [0.15, 0.2) is 47.4 Å². The van der Waals surface area contributed by atoms with Gasteiger partial charge < -0.3 is 4.74 Å². The average Bonchev–Trinajstić information content (AvgIpc) is 3.25. The predicted molar refractivity (Wildman–Crippen MR) is 141 cm³/mol. The van der Waals surface area contributed by atoms with Gasteiger partial charge in [0, 0.05) is 26.2 Å². The number of sulfone groups is 1. The van der Waals surface area contributed by atoms with Gasteiger partial charge in [0.25, 0.3) is 0 Å². The van der Waals surface area contributed by atoms with Crippen LogP contribution in [0.5, 0.6) is 0 Å². The van der Waals surface area contributed by atoms with Crippen molar-refractivity contribution >= 4 is 42.4 Å². The minimum atomic E-state index is -3.34. The Morgan fingerprint density at radius 2 is 1.86 bits per heavy atom. The Kier molecular flexibility index (Phi) is 8.21. The molecule has 1 fully saturated rings. The SMILES string of the molecule is Cc1ccc2nc(N(CCCN3CCOCC3)C(=O)Cc3ccc(S(=O)(=O)C(C)C)cc3)sc2c1. The standard InChI is InChI=1S/C26H33N3O4S2/c1-19(2)35(31,32)22-8-6-21(7-9-22)18-25(30)29(12-4-11-28-13-15-33-16-14-28)26-27-23-10-5-20(3)17-24(23)34-26/h5-10,17,19H,4,11-16,18H2,1-3H3. The number of benzene rings is 2. The molecular weight excluding hydrogens is 482 g/mol. The molecule has 1 aliphatic heterocycles. The Labute approximate surface area is 211 Å². The second kappa shape index (κ2) is 11.2. The van der Waals surface area contributed by atoms with E-state index in [9.17, 15) is 13.2 Å². The summed E-state index contributed by atoms with van der Waals surface area (Å²) in [5.41, 5.74) is 2.84. The largest absolute Gasteiger partial charge is 0.379 e. The number of thiazole rings is 1. The number of aryl methyl sites for hydroxylation is 1. The first-order valence-corrected chi connectivity index (χ1v) is 14.4. The van der Waals surface area contributed by atoms with Crippen molar-refractivity contribution in [2.45, 2.75) is 43.8 Å². The molecule has 2 heterocycles. The van der Waals surface area contributed by atoms with Crippen LogP contribution in [0.1, 0.15) is 31.4 Å². The number of amides is 1. The van der Waals surface area contributed by atoms with E-state index >= 15 is 0 Å². The van der Waals surface area contributed by atoms with E-state index in [0.29, 0.717) is 11.7 Å². The minimum Gasteiger partial charge on any atom is -0.379 e. The normalized spacial score (nSPS) is 15.1. The van der Waals surface area contributed by atoms with Gasteiger partial charge in [-0.25, -0.2) is 13.4 Å². The molecule has 35 heavy (non-hydrogen) atoms. The number of anilines is 1. The fourth-order valence-corrected chi connectivity index (χ4v) is 6.25. The molecule has 7 nitrogen and oxygen atoms in total. The van der Waals surface area contributed by atoms with E-state index < -0.39 is 15.1 Å². The Morgan fingerprint density at radius 1 is 1.14 bits per heavy atom. The maximum atomic E-state index is 13.5. The molecule has 188 valence electrons. The molecule has 3 aromatic rings. The molecule has 0 atom stereocenters. The third kappa shape index (κ3) is 6.27. The van der Waals surface area contributed by atoms with Crippen LogP contribution in [0.2, 0.25) is 0 Å². The second-order valence-electron chi connectivity index (χ2n) is 9.24. The van der Waals surface area contributed by atoms with Gasteiger partial charge in [-0.05, 0) is 62.6 Å². The number of rotatable bonds is 9. The molecule has 0 aliphatic carbocycles. The van der Waals surface area contributed by atoms with Crippen molar-refractivity contribution in [3.8, 4) is 0 Å². The molecule has 1 aromatic heterocycles.